The Morgan fingerprint density at radius 1 is 1.15 bits per heavy atom. The molecular formula is C20H22O7. The Balaban J connectivity index is 1.67. The molecule has 1 saturated carbocycles. The van der Waals surface area contributed by atoms with Gasteiger partial charge in [-0.15, -0.1) is 0 Å². The number of carbonyl (C=O) groups is 2. The number of ether oxygens (including phenoxy) is 4. The molecule has 6 aliphatic rings. The molecule has 1 spiro atoms. The van der Waals surface area contributed by atoms with Crippen LogP contribution in [0, 0.1) is 22.7 Å². The normalized spacial score (nSPS) is 55.1. The van der Waals surface area contributed by atoms with Gasteiger partial charge < -0.3 is 23.4 Å². The first kappa shape index (κ1) is 16.1. The Kier molecular flexibility index (Phi) is 2.54. The summed E-state index contributed by atoms with van der Waals surface area (Å²) in [5, 5.41) is 0. The highest BCUT2D eigenvalue weighted by molar-refractivity contribution is 5.82. The number of esters is 2. The van der Waals surface area contributed by atoms with Crippen LogP contribution in [0.4, 0.5) is 0 Å². The molecule has 0 aromatic carbocycles. The van der Waals surface area contributed by atoms with E-state index >= 15 is 0 Å². The molecule has 27 heavy (non-hydrogen) atoms. The van der Waals surface area contributed by atoms with Crippen LogP contribution < -0.4 is 0 Å². The summed E-state index contributed by atoms with van der Waals surface area (Å²) < 4.78 is 30.3. The van der Waals surface area contributed by atoms with Crippen LogP contribution in [0.3, 0.4) is 0 Å². The van der Waals surface area contributed by atoms with Crippen LogP contribution in [0.15, 0.2) is 23.0 Å². The standard InChI is InChI=1S/C20H22O7/c1-11-13-8-18(12-4-7-23-9-12)26-19-10-24-15(22)16(19,2)5-6-20(27-18,17(13,19)3)25-14(11)21/h4,7,9,11,13H,5-6,8,10H2,1-3H3/t11-,13+,16-,17-,18+,19-,20+/m0/s1. The third-order valence-corrected chi connectivity index (χ3v) is 8.43. The topological polar surface area (TPSA) is 84.2 Å². The van der Waals surface area contributed by atoms with Gasteiger partial charge in [0, 0.05) is 18.4 Å². The molecule has 1 aromatic heterocycles. The SMILES string of the molecule is C[C@@H]1C(=O)O[C@@]23CC[C@@]4(C)C(=O)OC[C@]45O[C@](c4ccoc4)(C[C@H]1[C@]25C)O3. The number of carbonyl (C=O) groups excluding carboxylic acids is 2. The van der Waals surface area contributed by atoms with Crippen LogP contribution in [0.1, 0.15) is 45.6 Å². The van der Waals surface area contributed by atoms with Crippen LogP contribution in [-0.4, -0.2) is 29.9 Å². The number of hydrogen-bond acceptors (Lipinski definition) is 7. The van der Waals surface area contributed by atoms with Crippen LogP contribution in [0.5, 0.6) is 0 Å². The van der Waals surface area contributed by atoms with E-state index in [9.17, 15) is 9.59 Å². The highest BCUT2D eigenvalue weighted by Gasteiger charge is 2.89. The van der Waals surface area contributed by atoms with E-state index in [2.05, 4.69) is 6.92 Å². The lowest BCUT2D eigenvalue weighted by atomic mass is 9.41. The van der Waals surface area contributed by atoms with Crippen LogP contribution >= 0.6 is 0 Å². The molecule has 0 unspecified atom stereocenters. The van der Waals surface area contributed by atoms with Crippen molar-refractivity contribution in [3.05, 3.63) is 24.2 Å². The minimum atomic E-state index is -1.14. The molecule has 0 N–H and O–H groups in total. The fraction of sp³-hybridized carbons (Fsp3) is 0.700. The molecule has 6 heterocycles. The molecule has 7 nitrogen and oxygen atoms in total. The summed E-state index contributed by atoms with van der Waals surface area (Å²) in [6, 6.07) is 1.81. The first-order valence-corrected chi connectivity index (χ1v) is 9.57. The minimum absolute atomic E-state index is 0.0646. The molecule has 7 heteroatoms. The van der Waals surface area contributed by atoms with Gasteiger partial charge in [-0.25, -0.2) is 0 Å². The van der Waals surface area contributed by atoms with Crippen LogP contribution in [0.25, 0.3) is 0 Å². The van der Waals surface area contributed by atoms with E-state index in [1.807, 2.05) is 19.9 Å². The average molecular weight is 374 g/mol. The van der Waals surface area contributed by atoms with Gasteiger partial charge in [0.2, 0.25) is 11.6 Å². The van der Waals surface area contributed by atoms with Crippen molar-refractivity contribution in [3.63, 3.8) is 0 Å². The maximum Gasteiger partial charge on any atom is 0.315 e. The quantitative estimate of drug-likeness (QED) is 0.698. The molecule has 1 aromatic rings. The second kappa shape index (κ2) is 4.25. The Labute approximate surface area is 156 Å². The molecule has 5 aliphatic heterocycles. The molecule has 0 radical (unpaired) electrons. The smallest absolute Gasteiger partial charge is 0.315 e. The monoisotopic (exact) mass is 374 g/mol. The van der Waals surface area contributed by atoms with Crippen molar-refractivity contribution in [2.24, 2.45) is 22.7 Å². The Morgan fingerprint density at radius 2 is 1.96 bits per heavy atom. The van der Waals surface area contributed by atoms with Crippen molar-refractivity contribution in [2.45, 2.75) is 57.2 Å². The summed E-state index contributed by atoms with van der Waals surface area (Å²) in [7, 11) is 0. The van der Waals surface area contributed by atoms with Crippen molar-refractivity contribution < 1.29 is 33.0 Å². The molecule has 1 aliphatic carbocycles. The zero-order chi connectivity index (χ0) is 18.9. The van der Waals surface area contributed by atoms with E-state index < -0.39 is 28.0 Å². The first-order chi connectivity index (χ1) is 12.7. The molecule has 5 bridgehead atoms. The number of cyclic esters (lactones) is 1. The van der Waals surface area contributed by atoms with Crippen LogP contribution in [0.2, 0.25) is 0 Å². The van der Waals surface area contributed by atoms with Gasteiger partial charge >= 0.3 is 11.9 Å². The minimum Gasteiger partial charge on any atom is -0.472 e. The van der Waals surface area contributed by atoms with Gasteiger partial charge in [0.05, 0.1) is 29.3 Å². The van der Waals surface area contributed by atoms with Gasteiger partial charge in [0.15, 0.2) is 0 Å². The van der Waals surface area contributed by atoms with Crippen molar-refractivity contribution >= 4 is 11.9 Å². The summed E-state index contributed by atoms with van der Waals surface area (Å²) in [4.78, 5) is 25.5. The van der Waals surface area contributed by atoms with Crippen LogP contribution in [-0.2, 0) is 34.3 Å². The number of rotatable bonds is 1. The summed E-state index contributed by atoms with van der Waals surface area (Å²) in [5.74, 6) is -3.14. The molecule has 0 amide bonds. The number of hydrogen-bond donors (Lipinski definition) is 0. The molecule has 144 valence electrons. The van der Waals surface area contributed by atoms with Gasteiger partial charge in [-0.05, 0) is 25.3 Å². The van der Waals surface area contributed by atoms with Crippen molar-refractivity contribution in [1.82, 2.24) is 0 Å². The van der Waals surface area contributed by atoms with Gasteiger partial charge in [-0.1, -0.05) is 13.8 Å². The fourth-order valence-electron chi connectivity index (χ4n) is 6.78. The van der Waals surface area contributed by atoms with E-state index in [1.165, 1.54) is 0 Å². The van der Waals surface area contributed by atoms with Crippen molar-refractivity contribution in [2.75, 3.05) is 6.61 Å². The predicted octanol–water partition coefficient (Wildman–Crippen LogP) is 2.49. The maximum atomic E-state index is 12.8. The molecular weight excluding hydrogens is 352 g/mol. The Hall–Kier alpha value is -1.86. The lowest BCUT2D eigenvalue weighted by Crippen LogP contribution is -2.86. The second-order valence-corrected chi connectivity index (χ2v) is 9.18. The lowest BCUT2D eigenvalue weighted by Gasteiger charge is -2.76. The fourth-order valence-corrected chi connectivity index (χ4v) is 6.78. The van der Waals surface area contributed by atoms with Gasteiger partial charge in [0.25, 0.3) is 0 Å². The van der Waals surface area contributed by atoms with Crippen molar-refractivity contribution in [3.8, 4) is 0 Å². The Bertz CT molecular complexity index is 879. The first-order valence-electron chi connectivity index (χ1n) is 9.57. The van der Waals surface area contributed by atoms with Crippen molar-refractivity contribution in [1.29, 1.82) is 0 Å². The number of furan rings is 1. The predicted molar refractivity (Wildman–Crippen MR) is 87.8 cm³/mol. The van der Waals surface area contributed by atoms with Gasteiger partial charge in [-0.3, -0.25) is 9.59 Å². The summed E-state index contributed by atoms with van der Waals surface area (Å²) in [5.41, 5.74) is -1.68. The largest absolute Gasteiger partial charge is 0.472 e. The zero-order valence-corrected chi connectivity index (χ0v) is 15.6. The van der Waals surface area contributed by atoms with E-state index in [0.717, 1.165) is 5.56 Å². The van der Waals surface area contributed by atoms with E-state index in [-0.39, 0.29) is 30.4 Å². The summed E-state index contributed by atoms with van der Waals surface area (Å²) >= 11 is 0. The molecule has 6 fully saturated rings. The highest BCUT2D eigenvalue weighted by atomic mass is 16.8. The van der Waals surface area contributed by atoms with E-state index in [0.29, 0.717) is 19.3 Å². The highest BCUT2D eigenvalue weighted by Crippen LogP contribution is 2.78. The molecule has 7 rings (SSSR count). The summed E-state index contributed by atoms with van der Waals surface area (Å²) in [6.07, 6.45) is 4.61. The summed E-state index contributed by atoms with van der Waals surface area (Å²) in [6.45, 7) is 6.02. The third-order valence-electron chi connectivity index (χ3n) is 8.43. The molecule has 7 atom stereocenters. The van der Waals surface area contributed by atoms with E-state index in [1.54, 1.807) is 12.5 Å². The van der Waals surface area contributed by atoms with Gasteiger partial charge in [-0.2, -0.15) is 0 Å². The molecule has 5 saturated heterocycles. The van der Waals surface area contributed by atoms with Gasteiger partial charge in [0.1, 0.15) is 12.2 Å². The third kappa shape index (κ3) is 1.36. The second-order valence-electron chi connectivity index (χ2n) is 9.18. The maximum absolute atomic E-state index is 12.8. The average Bonchev–Trinajstić information content (AvgIpc) is 3.24. The lowest BCUT2D eigenvalue weighted by molar-refractivity contribution is -0.555. The van der Waals surface area contributed by atoms with E-state index in [4.69, 9.17) is 23.4 Å². The zero-order valence-electron chi connectivity index (χ0n) is 15.6. The Morgan fingerprint density at radius 3 is 2.70 bits per heavy atom.